The minimum Gasteiger partial charge on any atom is -0.381 e. The number of nitrogens with two attached hydrogens (primary N) is 1. The van der Waals surface area contributed by atoms with Crippen LogP contribution in [0, 0.1) is 17.3 Å². The summed E-state index contributed by atoms with van der Waals surface area (Å²) >= 11 is 0. The molecule has 0 fully saturated rings. The van der Waals surface area contributed by atoms with Crippen molar-refractivity contribution >= 4 is 0 Å². The molecule has 0 rings (SSSR count). The molecule has 0 heterocycles. The summed E-state index contributed by atoms with van der Waals surface area (Å²) < 4.78 is 5.57. The second-order valence-corrected chi connectivity index (χ2v) is 5.56. The average Bonchev–Trinajstić information content (AvgIpc) is 2.01. The molecule has 0 aliphatic rings. The maximum atomic E-state index is 5.75. The van der Waals surface area contributed by atoms with Gasteiger partial charge in [0, 0.05) is 13.2 Å². The van der Waals surface area contributed by atoms with Crippen molar-refractivity contribution in [3.63, 3.8) is 0 Å². The van der Waals surface area contributed by atoms with Crippen molar-refractivity contribution in [2.45, 2.75) is 41.0 Å². The van der Waals surface area contributed by atoms with Crippen LogP contribution < -0.4 is 5.73 Å². The van der Waals surface area contributed by atoms with Crippen LogP contribution in [0.3, 0.4) is 0 Å². The molecule has 2 nitrogen and oxygen atoms in total. The van der Waals surface area contributed by atoms with Crippen molar-refractivity contribution in [1.29, 1.82) is 0 Å². The molecule has 0 bridgehead atoms. The first-order valence-corrected chi connectivity index (χ1v) is 5.65. The van der Waals surface area contributed by atoms with Crippen LogP contribution in [0.15, 0.2) is 0 Å². The summed E-state index contributed by atoms with van der Waals surface area (Å²) in [6, 6.07) is 0. The van der Waals surface area contributed by atoms with Crippen LogP contribution in [-0.4, -0.2) is 19.8 Å². The van der Waals surface area contributed by atoms with Crippen LogP contribution in [-0.2, 0) is 4.74 Å². The molecule has 0 spiro atoms. The van der Waals surface area contributed by atoms with Crippen molar-refractivity contribution in [3.8, 4) is 0 Å². The maximum absolute atomic E-state index is 5.75. The van der Waals surface area contributed by atoms with E-state index in [1.54, 1.807) is 0 Å². The van der Waals surface area contributed by atoms with Gasteiger partial charge in [0.15, 0.2) is 0 Å². The van der Waals surface area contributed by atoms with Crippen LogP contribution in [0.4, 0.5) is 0 Å². The Balaban J connectivity index is 3.64. The number of hydrogen-bond acceptors (Lipinski definition) is 2. The largest absolute Gasteiger partial charge is 0.381 e. The summed E-state index contributed by atoms with van der Waals surface area (Å²) in [4.78, 5) is 0. The lowest BCUT2D eigenvalue weighted by atomic mass is 9.79. The normalized spacial score (nSPS) is 14.8. The Hall–Kier alpha value is -0.0800. The molecule has 2 heteroatoms. The first-order valence-electron chi connectivity index (χ1n) is 5.65. The molecule has 0 radical (unpaired) electrons. The van der Waals surface area contributed by atoms with Gasteiger partial charge in [-0.25, -0.2) is 0 Å². The van der Waals surface area contributed by atoms with Crippen molar-refractivity contribution < 1.29 is 4.74 Å². The fourth-order valence-corrected chi connectivity index (χ4v) is 1.45. The molecule has 0 aromatic carbocycles. The molecule has 86 valence electrons. The highest BCUT2D eigenvalue weighted by Crippen LogP contribution is 2.27. The Morgan fingerprint density at radius 2 is 1.79 bits per heavy atom. The predicted molar refractivity (Wildman–Crippen MR) is 62.3 cm³/mol. The van der Waals surface area contributed by atoms with Gasteiger partial charge in [0.2, 0.25) is 0 Å². The highest BCUT2D eigenvalue weighted by Gasteiger charge is 2.22. The SMILES string of the molecule is CC(C)COCCC(CN)C(C)(C)C. The molecule has 0 amide bonds. The smallest absolute Gasteiger partial charge is 0.0488 e. The van der Waals surface area contributed by atoms with E-state index in [4.69, 9.17) is 10.5 Å². The fraction of sp³-hybridized carbons (Fsp3) is 1.00. The molecule has 0 aromatic rings. The molecule has 14 heavy (non-hydrogen) atoms. The quantitative estimate of drug-likeness (QED) is 0.671. The van der Waals surface area contributed by atoms with E-state index in [1.165, 1.54) is 0 Å². The van der Waals surface area contributed by atoms with Gasteiger partial charge < -0.3 is 10.5 Å². The molecule has 1 atom stereocenters. The topological polar surface area (TPSA) is 35.2 Å². The van der Waals surface area contributed by atoms with E-state index in [0.29, 0.717) is 17.3 Å². The van der Waals surface area contributed by atoms with E-state index in [-0.39, 0.29) is 0 Å². The zero-order valence-corrected chi connectivity index (χ0v) is 10.5. The zero-order chi connectivity index (χ0) is 11.2. The van der Waals surface area contributed by atoms with E-state index in [2.05, 4.69) is 34.6 Å². The second-order valence-electron chi connectivity index (χ2n) is 5.56. The molecular weight excluding hydrogens is 174 g/mol. The van der Waals surface area contributed by atoms with E-state index in [1.807, 2.05) is 0 Å². The van der Waals surface area contributed by atoms with Crippen LogP contribution in [0.5, 0.6) is 0 Å². The van der Waals surface area contributed by atoms with Gasteiger partial charge in [0.25, 0.3) is 0 Å². The minimum absolute atomic E-state index is 0.302. The number of ether oxygens (including phenoxy) is 1. The third-order valence-electron chi connectivity index (χ3n) is 2.57. The van der Waals surface area contributed by atoms with Gasteiger partial charge in [-0.2, -0.15) is 0 Å². The summed E-state index contributed by atoms with van der Waals surface area (Å²) in [6.07, 6.45) is 1.08. The Labute approximate surface area is 89.2 Å². The van der Waals surface area contributed by atoms with Gasteiger partial charge >= 0.3 is 0 Å². The summed E-state index contributed by atoms with van der Waals surface area (Å²) in [5, 5.41) is 0. The maximum Gasteiger partial charge on any atom is 0.0488 e. The van der Waals surface area contributed by atoms with Gasteiger partial charge in [-0.15, -0.1) is 0 Å². The highest BCUT2D eigenvalue weighted by atomic mass is 16.5. The molecule has 2 N–H and O–H groups in total. The van der Waals surface area contributed by atoms with Crippen LogP contribution in [0.25, 0.3) is 0 Å². The lowest BCUT2D eigenvalue weighted by molar-refractivity contribution is 0.0820. The van der Waals surface area contributed by atoms with E-state index < -0.39 is 0 Å². The zero-order valence-electron chi connectivity index (χ0n) is 10.5. The standard InChI is InChI=1S/C12H27NO/c1-10(2)9-14-7-6-11(8-13)12(3,4)5/h10-11H,6-9,13H2,1-5H3. The molecule has 0 saturated heterocycles. The summed E-state index contributed by atoms with van der Waals surface area (Å²) in [7, 11) is 0. The van der Waals surface area contributed by atoms with Crippen LogP contribution >= 0.6 is 0 Å². The van der Waals surface area contributed by atoms with E-state index in [0.717, 1.165) is 26.2 Å². The predicted octanol–water partition coefficient (Wildman–Crippen LogP) is 2.67. The molecule has 0 aliphatic carbocycles. The lowest BCUT2D eigenvalue weighted by Gasteiger charge is -2.29. The van der Waals surface area contributed by atoms with Crippen molar-refractivity contribution in [2.24, 2.45) is 23.0 Å². The molecule has 1 unspecified atom stereocenters. The van der Waals surface area contributed by atoms with Crippen molar-refractivity contribution in [2.75, 3.05) is 19.8 Å². The van der Waals surface area contributed by atoms with Gasteiger partial charge in [0.05, 0.1) is 0 Å². The molecular formula is C12H27NO. The summed E-state index contributed by atoms with van der Waals surface area (Å²) in [6.45, 7) is 13.5. The highest BCUT2D eigenvalue weighted by molar-refractivity contribution is 4.74. The number of rotatable bonds is 6. The molecule has 0 saturated carbocycles. The second kappa shape index (κ2) is 6.41. The Morgan fingerprint density at radius 3 is 2.14 bits per heavy atom. The average molecular weight is 201 g/mol. The third kappa shape index (κ3) is 6.39. The first-order chi connectivity index (χ1) is 6.38. The Morgan fingerprint density at radius 1 is 1.21 bits per heavy atom. The van der Waals surface area contributed by atoms with Gasteiger partial charge in [-0.3, -0.25) is 0 Å². The Kier molecular flexibility index (Phi) is 6.38. The van der Waals surface area contributed by atoms with Gasteiger partial charge in [-0.05, 0) is 30.2 Å². The van der Waals surface area contributed by atoms with Gasteiger partial charge in [-0.1, -0.05) is 34.6 Å². The van der Waals surface area contributed by atoms with Crippen LogP contribution in [0.2, 0.25) is 0 Å². The first kappa shape index (κ1) is 13.9. The van der Waals surface area contributed by atoms with Crippen LogP contribution in [0.1, 0.15) is 41.0 Å². The van der Waals surface area contributed by atoms with Gasteiger partial charge in [0.1, 0.15) is 0 Å². The molecule has 0 aliphatic heterocycles. The van der Waals surface area contributed by atoms with E-state index >= 15 is 0 Å². The van der Waals surface area contributed by atoms with E-state index in [9.17, 15) is 0 Å². The number of hydrogen-bond donors (Lipinski definition) is 1. The fourth-order valence-electron chi connectivity index (χ4n) is 1.45. The third-order valence-corrected chi connectivity index (χ3v) is 2.57. The molecule has 0 aromatic heterocycles. The minimum atomic E-state index is 0.302. The summed E-state index contributed by atoms with van der Waals surface area (Å²) in [5.74, 6) is 1.19. The van der Waals surface area contributed by atoms with Crippen molar-refractivity contribution in [1.82, 2.24) is 0 Å². The Bertz CT molecular complexity index is 138. The lowest BCUT2D eigenvalue weighted by Crippen LogP contribution is -2.29. The monoisotopic (exact) mass is 201 g/mol. The van der Waals surface area contributed by atoms with Crippen molar-refractivity contribution in [3.05, 3.63) is 0 Å². The summed E-state index contributed by atoms with van der Waals surface area (Å²) in [5.41, 5.74) is 6.05.